The molecule has 3 N–H and O–H groups in total. The number of benzene rings is 1. The number of nitrogens with zero attached hydrogens (tertiary/aromatic N) is 1. The molecule has 0 aromatic heterocycles. The first kappa shape index (κ1) is 25.1. The van der Waals surface area contributed by atoms with E-state index in [-0.39, 0.29) is 56.4 Å². The normalized spacial score (nSPS) is 25.9. The first-order valence-corrected chi connectivity index (χ1v) is 11.8. The van der Waals surface area contributed by atoms with E-state index >= 15 is 0 Å². The van der Waals surface area contributed by atoms with Crippen molar-refractivity contribution in [2.75, 3.05) is 26.3 Å². The number of fused-ring (bicyclic) bond motifs is 1. The van der Waals surface area contributed by atoms with Crippen LogP contribution in [-0.4, -0.2) is 72.6 Å². The van der Waals surface area contributed by atoms with E-state index < -0.39 is 6.10 Å². The summed E-state index contributed by atoms with van der Waals surface area (Å²) < 4.78 is 11.8. The number of halogens is 2. The molecular formula is C22H31Cl2N3O5. The predicted molar refractivity (Wildman–Crippen MR) is 122 cm³/mol. The van der Waals surface area contributed by atoms with Gasteiger partial charge in [-0.15, -0.1) is 0 Å². The molecule has 10 heteroatoms. The number of hydrogen-bond donors (Lipinski definition) is 3. The van der Waals surface area contributed by atoms with Gasteiger partial charge in [-0.2, -0.15) is 0 Å². The van der Waals surface area contributed by atoms with E-state index in [0.717, 1.165) is 12.0 Å². The van der Waals surface area contributed by atoms with Crippen molar-refractivity contribution in [3.8, 4) is 0 Å². The molecule has 178 valence electrons. The molecule has 2 aliphatic rings. The van der Waals surface area contributed by atoms with Crippen molar-refractivity contribution in [2.45, 2.75) is 63.5 Å². The van der Waals surface area contributed by atoms with Gasteiger partial charge < -0.3 is 30.1 Å². The zero-order chi connectivity index (χ0) is 23.1. The molecule has 2 fully saturated rings. The molecule has 4 atom stereocenters. The first-order valence-electron chi connectivity index (χ1n) is 11.0. The molecule has 0 unspecified atom stereocenters. The number of amides is 3. The van der Waals surface area contributed by atoms with Gasteiger partial charge in [0.1, 0.15) is 6.10 Å². The van der Waals surface area contributed by atoms with Crippen molar-refractivity contribution >= 4 is 35.1 Å². The van der Waals surface area contributed by atoms with Crippen molar-refractivity contribution < 1.29 is 24.2 Å². The van der Waals surface area contributed by atoms with E-state index in [9.17, 15) is 14.7 Å². The van der Waals surface area contributed by atoms with E-state index in [0.29, 0.717) is 36.0 Å². The van der Waals surface area contributed by atoms with Crippen LogP contribution in [0.25, 0.3) is 0 Å². The minimum atomic E-state index is -0.742. The highest BCUT2D eigenvalue weighted by Crippen LogP contribution is 2.28. The van der Waals surface area contributed by atoms with Crippen molar-refractivity contribution in [1.29, 1.82) is 0 Å². The molecule has 3 amide bonds. The second-order valence-electron chi connectivity index (χ2n) is 8.25. The predicted octanol–water partition coefficient (Wildman–Crippen LogP) is 2.73. The molecule has 3 rings (SSSR count). The summed E-state index contributed by atoms with van der Waals surface area (Å²) in [6.45, 7) is 3.50. The van der Waals surface area contributed by atoms with E-state index in [1.807, 2.05) is 13.0 Å². The van der Waals surface area contributed by atoms with E-state index in [1.165, 1.54) is 0 Å². The van der Waals surface area contributed by atoms with Gasteiger partial charge in [0.2, 0.25) is 5.91 Å². The number of urea groups is 1. The summed E-state index contributed by atoms with van der Waals surface area (Å²) >= 11 is 11.9. The molecule has 2 saturated heterocycles. The van der Waals surface area contributed by atoms with Crippen LogP contribution < -0.4 is 10.6 Å². The van der Waals surface area contributed by atoms with E-state index in [1.54, 1.807) is 17.0 Å². The maximum Gasteiger partial charge on any atom is 0.317 e. The minimum absolute atomic E-state index is 0.126. The number of β-amino-alcohol motifs (C(OH)–C–C–N with tert-alkyl or cyclic N) is 1. The number of aliphatic hydroxyl groups excluding tert-OH is 1. The van der Waals surface area contributed by atoms with Crippen LogP contribution in [0.1, 0.15) is 38.2 Å². The van der Waals surface area contributed by atoms with Gasteiger partial charge in [0.25, 0.3) is 0 Å². The highest BCUT2D eigenvalue weighted by molar-refractivity contribution is 6.42. The van der Waals surface area contributed by atoms with E-state index in [4.69, 9.17) is 32.7 Å². The maximum atomic E-state index is 12.7. The topological polar surface area (TPSA) is 100 Å². The molecule has 0 spiro atoms. The zero-order valence-electron chi connectivity index (χ0n) is 18.2. The Hall–Kier alpha value is -1.58. The van der Waals surface area contributed by atoms with Gasteiger partial charge in [-0.3, -0.25) is 4.79 Å². The molecule has 1 aromatic rings. The lowest BCUT2D eigenvalue weighted by atomic mass is 9.95. The highest BCUT2D eigenvalue weighted by atomic mass is 35.5. The third-order valence-electron chi connectivity index (χ3n) is 5.65. The van der Waals surface area contributed by atoms with Gasteiger partial charge >= 0.3 is 6.03 Å². The summed E-state index contributed by atoms with van der Waals surface area (Å²) in [4.78, 5) is 26.8. The van der Waals surface area contributed by atoms with Crippen LogP contribution in [0.2, 0.25) is 10.0 Å². The molecule has 0 bridgehead atoms. The summed E-state index contributed by atoms with van der Waals surface area (Å²) in [6.07, 6.45) is 0.994. The van der Waals surface area contributed by atoms with Gasteiger partial charge in [-0.25, -0.2) is 4.79 Å². The number of carbonyl (C=O) groups excluding carboxylic acids is 2. The van der Waals surface area contributed by atoms with Gasteiger partial charge in [0, 0.05) is 13.1 Å². The molecule has 0 saturated carbocycles. The molecule has 0 aliphatic carbocycles. The van der Waals surface area contributed by atoms with Gasteiger partial charge in [0.05, 0.1) is 54.5 Å². The monoisotopic (exact) mass is 487 g/mol. The number of carbonyl (C=O) groups is 2. The number of rotatable bonds is 6. The Balaban J connectivity index is 1.55. The molecule has 0 radical (unpaired) electrons. The smallest absolute Gasteiger partial charge is 0.317 e. The number of ether oxygens (including phenoxy) is 2. The second-order valence-corrected chi connectivity index (χ2v) is 9.06. The molecule has 1 aromatic carbocycles. The van der Waals surface area contributed by atoms with Gasteiger partial charge in [-0.05, 0) is 37.0 Å². The Labute approximate surface area is 198 Å². The summed E-state index contributed by atoms with van der Waals surface area (Å²) in [5.41, 5.74) is 0.859. The summed E-state index contributed by atoms with van der Waals surface area (Å²) in [7, 11) is 0. The maximum absolute atomic E-state index is 12.7. The van der Waals surface area contributed by atoms with Crippen molar-refractivity contribution in [3.05, 3.63) is 33.8 Å². The van der Waals surface area contributed by atoms with Crippen LogP contribution in [0.5, 0.6) is 0 Å². The SMILES string of the molecule is CCCNC(=O)N1C[C@H](O)COC[C@@H]2O[C@@H](CC(=O)NCc3ccc(Cl)c(Cl)c3)CC[C@H]21. The largest absolute Gasteiger partial charge is 0.389 e. The minimum Gasteiger partial charge on any atom is -0.389 e. The molecule has 2 heterocycles. The standard InChI is InChI=1S/C22H31Cl2N3O5/c1-2-7-25-22(30)27-11-15(28)12-31-13-20-19(27)6-4-16(32-20)9-21(29)26-10-14-3-5-17(23)18(24)8-14/h3,5,8,15-16,19-20,28H,2,4,6-7,9-13H2,1H3,(H,25,30)(H,26,29)/t15-,16+,19+,20-/m0/s1. The lowest BCUT2D eigenvalue weighted by Crippen LogP contribution is -2.59. The van der Waals surface area contributed by atoms with Crippen LogP contribution in [0.15, 0.2) is 18.2 Å². The van der Waals surface area contributed by atoms with Crippen molar-refractivity contribution in [2.24, 2.45) is 0 Å². The first-order chi connectivity index (χ1) is 15.4. The van der Waals surface area contributed by atoms with Gasteiger partial charge in [-0.1, -0.05) is 36.2 Å². The van der Waals surface area contributed by atoms with Crippen molar-refractivity contribution in [1.82, 2.24) is 15.5 Å². The number of hydrogen-bond acceptors (Lipinski definition) is 5. The van der Waals surface area contributed by atoms with Crippen LogP contribution in [-0.2, 0) is 20.8 Å². The lowest BCUT2D eigenvalue weighted by molar-refractivity contribution is -0.150. The third kappa shape index (κ3) is 6.96. The second kappa shape index (κ2) is 12.0. The fourth-order valence-corrected chi connectivity index (χ4v) is 4.36. The third-order valence-corrected chi connectivity index (χ3v) is 6.39. The van der Waals surface area contributed by atoms with E-state index in [2.05, 4.69) is 10.6 Å². The summed E-state index contributed by atoms with van der Waals surface area (Å²) in [6, 6.07) is 4.82. The Morgan fingerprint density at radius 1 is 1.19 bits per heavy atom. The summed E-state index contributed by atoms with van der Waals surface area (Å²) in [5, 5.41) is 16.8. The Kier molecular flexibility index (Phi) is 9.43. The molecule has 8 nitrogen and oxygen atoms in total. The Bertz CT molecular complexity index is 797. The Morgan fingerprint density at radius 2 is 2.00 bits per heavy atom. The quantitative estimate of drug-likeness (QED) is 0.572. The van der Waals surface area contributed by atoms with Crippen LogP contribution in [0.3, 0.4) is 0 Å². The fourth-order valence-electron chi connectivity index (χ4n) is 4.04. The fraction of sp³-hybridized carbons (Fsp3) is 0.636. The average Bonchev–Trinajstić information content (AvgIpc) is 2.76. The molecular weight excluding hydrogens is 457 g/mol. The van der Waals surface area contributed by atoms with Crippen LogP contribution >= 0.6 is 23.2 Å². The summed E-state index contributed by atoms with van der Waals surface area (Å²) in [5.74, 6) is -0.126. The van der Waals surface area contributed by atoms with Crippen molar-refractivity contribution in [3.63, 3.8) is 0 Å². The molecule has 2 aliphatic heterocycles. The highest BCUT2D eigenvalue weighted by Gasteiger charge is 2.39. The van der Waals surface area contributed by atoms with Crippen LogP contribution in [0, 0.1) is 0 Å². The molecule has 32 heavy (non-hydrogen) atoms. The van der Waals surface area contributed by atoms with Gasteiger partial charge in [0.15, 0.2) is 0 Å². The van der Waals surface area contributed by atoms with Crippen LogP contribution in [0.4, 0.5) is 4.79 Å². The Morgan fingerprint density at radius 3 is 2.75 bits per heavy atom. The average molecular weight is 488 g/mol. The lowest BCUT2D eigenvalue weighted by Gasteiger charge is -2.44. The number of nitrogens with one attached hydrogen (secondary N) is 2. The number of aliphatic hydroxyl groups is 1. The zero-order valence-corrected chi connectivity index (χ0v) is 19.7.